The molecule has 1 amide bonds. The quantitative estimate of drug-likeness (QED) is 0.554. The van der Waals surface area contributed by atoms with Gasteiger partial charge >= 0.3 is 0 Å². The second-order valence-corrected chi connectivity index (χ2v) is 8.67. The molecular formula is C19H20N4O5S. The number of amides is 1. The van der Waals surface area contributed by atoms with Gasteiger partial charge in [-0.3, -0.25) is 9.78 Å². The molecule has 0 saturated heterocycles. The molecule has 1 unspecified atom stereocenters. The average Bonchev–Trinajstić information content (AvgIpc) is 3.16. The third-order valence-electron chi connectivity index (χ3n) is 4.20. The van der Waals surface area contributed by atoms with Gasteiger partial charge < -0.3 is 15.0 Å². The van der Waals surface area contributed by atoms with Gasteiger partial charge in [-0.25, -0.2) is 8.42 Å². The Morgan fingerprint density at radius 2 is 2.00 bits per heavy atom. The highest BCUT2D eigenvalue weighted by atomic mass is 32.2. The molecule has 152 valence electrons. The van der Waals surface area contributed by atoms with Gasteiger partial charge in [0.2, 0.25) is 11.7 Å². The molecule has 2 heterocycles. The third kappa shape index (κ3) is 5.61. The van der Waals surface area contributed by atoms with Crippen LogP contribution in [-0.2, 0) is 27.7 Å². The molecule has 0 fully saturated rings. The van der Waals surface area contributed by atoms with Crippen LogP contribution >= 0.6 is 0 Å². The van der Waals surface area contributed by atoms with Crippen molar-refractivity contribution in [2.75, 3.05) is 6.26 Å². The van der Waals surface area contributed by atoms with Gasteiger partial charge in [0.15, 0.2) is 16.4 Å². The molecule has 0 aliphatic carbocycles. The number of hydrogen-bond donors (Lipinski definition) is 1. The van der Waals surface area contributed by atoms with Gasteiger partial charge in [-0.1, -0.05) is 17.3 Å². The van der Waals surface area contributed by atoms with E-state index < -0.39 is 21.0 Å². The van der Waals surface area contributed by atoms with Crippen LogP contribution in [0.4, 0.5) is 0 Å². The maximum absolute atomic E-state index is 11.6. The number of primary amides is 1. The Bertz CT molecular complexity index is 1070. The van der Waals surface area contributed by atoms with Crippen molar-refractivity contribution in [2.45, 2.75) is 24.7 Å². The highest BCUT2D eigenvalue weighted by molar-refractivity contribution is 7.92. The number of ether oxygens (including phenoxy) is 1. The number of benzene rings is 1. The number of nitrogens with zero attached hydrogens (tertiary/aromatic N) is 3. The Morgan fingerprint density at radius 3 is 2.62 bits per heavy atom. The first-order valence-electron chi connectivity index (χ1n) is 8.76. The number of aryl methyl sites for hydroxylation is 1. The van der Waals surface area contributed by atoms with Crippen LogP contribution in [0.1, 0.15) is 17.9 Å². The number of carbonyl (C=O) groups excluding carboxylic acids is 1. The molecule has 1 atom stereocenters. The largest absolute Gasteiger partial charge is 0.484 e. The summed E-state index contributed by atoms with van der Waals surface area (Å²) in [5, 5.41) is 2.70. The van der Waals surface area contributed by atoms with Gasteiger partial charge in [0, 0.05) is 24.2 Å². The Hall–Kier alpha value is -3.27. The average molecular weight is 416 g/mol. The fourth-order valence-electron chi connectivity index (χ4n) is 2.69. The first kappa shape index (κ1) is 20.5. The van der Waals surface area contributed by atoms with E-state index in [0.717, 1.165) is 17.4 Å². The summed E-state index contributed by atoms with van der Waals surface area (Å²) in [6.07, 6.45) is 4.84. The van der Waals surface area contributed by atoms with Gasteiger partial charge in [0.1, 0.15) is 11.0 Å². The molecular weight excluding hydrogens is 396 g/mol. The fraction of sp³-hybridized carbons (Fsp3) is 0.263. The van der Waals surface area contributed by atoms with Crippen molar-refractivity contribution in [2.24, 2.45) is 5.73 Å². The second kappa shape index (κ2) is 8.82. The molecule has 0 aliphatic rings. The summed E-state index contributed by atoms with van der Waals surface area (Å²) in [7, 11) is -3.53. The summed E-state index contributed by atoms with van der Waals surface area (Å²) in [5.41, 5.74) is 6.79. The molecule has 0 radical (unpaired) electrons. The van der Waals surface area contributed by atoms with Gasteiger partial charge in [-0.2, -0.15) is 4.98 Å². The lowest BCUT2D eigenvalue weighted by Gasteiger charge is -2.11. The van der Waals surface area contributed by atoms with E-state index in [1.165, 1.54) is 0 Å². The minimum absolute atomic E-state index is 0.102. The molecule has 10 heteroatoms. The highest BCUT2D eigenvalue weighted by Crippen LogP contribution is 2.18. The van der Waals surface area contributed by atoms with E-state index in [0.29, 0.717) is 23.9 Å². The zero-order chi connectivity index (χ0) is 20.9. The van der Waals surface area contributed by atoms with E-state index in [-0.39, 0.29) is 13.0 Å². The minimum atomic E-state index is -3.53. The van der Waals surface area contributed by atoms with Crippen molar-refractivity contribution < 1.29 is 22.5 Å². The van der Waals surface area contributed by atoms with Crippen LogP contribution in [0.25, 0.3) is 11.4 Å². The molecule has 3 rings (SSSR count). The lowest BCUT2D eigenvalue weighted by atomic mass is 10.1. The van der Waals surface area contributed by atoms with E-state index in [1.807, 2.05) is 6.07 Å². The van der Waals surface area contributed by atoms with Crippen LogP contribution in [0, 0.1) is 0 Å². The highest BCUT2D eigenvalue weighted by Gasteiger charge is 2.26. The van der Waals surface area contributed by atoms with Crippen LogP contribution in [0.2, 0.25) is 0 Å². The van der Waals surface area contributed by atoms with Crippen LogP contribution in [0.15, 0.2) is 53.3 Å². The van der Waals surface area contributed by atoms with Crippen molar-refractivity contribution in [3.8, 4) is 17.1 Å². The Balaban J connectivity index is 1.55. The summed E-state index contributed by atoms with van der Waals surface area (Å²) in [6, 6.07) is 10.7. The summed E-state index contributed by atoms with van der Waals surface area (Å²) in [4.78, 5) is 19.6. The SMILES string of the molecule is CS(=O)(=O)C(CCc1ccc(OCc2nc(-c3cccnc3)no2)cc1)C(N)=O. The minimum Gasteiger partial charge on any atom is -0.484 e. The number of sulfone groups is 1. The predicted octanol–water partition coefficient (Wildman–Crippen LogP) is 1.54. The number of aromatic nitrogens is 3. The maximum Gasteiger partial charge on any atom is 0.264 e. The van der Waals surface area contributed by atoms with Crippen molar-refractivity contribution >= 4 is 15.7 Å². The van der Waals surface area contributed by atoms with E-state index in [1.54, 1.807) is 42.7 Å². The monoisotopic (exact) mass is 416 g/mol. The Labute approximate surface area is 167 Å². The zero-order valence-corrected chi connectivity index (χ0v) is 16.5. The first-order chi connectivity index (χ1) is 13.8. The molecule has 29 heavy (non-hydrogen) atoms. The van der Waals surface area contributed by atoms with E-state index in [9.17, 15) is 13.2 Å². The lowest BCUT2D eigenvalue weighted by Crippen LogP contribution is -2.35. The Morgan fingerprint density at radius 1 is 1.24 bits per heavy atom. The number of carbonyl (C=O) groups is 1. The van der Waals surface area contributed by atoms with Crippen molar-refractivity contribution in [3.63, 3.8) is 0 Å². The van der Waals surface area contributed by atoms with Gasteiger partial charge in [0.05, 0.1) is 0 Å². The number of hydrogen-bond acceptors (Lipinski definition) is 8. The topological polar surface area (TPSA) is 138 Å². The van der Waals surface area contributed by atoms with Crippen LogP contribution < -0.4 is 10.5 Å². The number of nitrogens with two attached hydrogens (primary N) is 1. The van der Waals surface area contributed by atoms with Crippen LogP contribution in [0.5, 0.6) is 5.75 Å². The van der Waals surface area contributed by atoms with E-state index in [4.69, 9.17) is 15.0 Å². The molecule has 3 aromatic rings. The third-order valence-corrected chi connectivity index (χ3v) is 5.70. The standard InChI is InChI=1S/C19H20N4O5S/c1-29(25,26)16(18(20)24)9-6-13-4-7-15(8-5-13)27-12-17-22-19(23-28-17)14-3-2-10-21-11-14/h2-5,7-8,10-11,16H,6,9,12H2,1H3,(H2,20,24). The molecule has 0 saturated carbocycles. The van der Waals surface area contributed by atoms with Gasteiger partial charge in [-0.05, 0) is 42.7 Å². The molecule has 0 bridgehead atoms. The summed E-state index contributed by atoms with van der Waals surface area (Å²) >= 11 is 0. The Kier molecular flexibility index (Phi) is 6.23. The van der Waals surface area contributed by atoms with Crippen molar-refractivity contribution in [1.29, 1.82) is 0 Å². The van der Waals surface area contributed by atoms with Crippen LogP contribution in [-0.4, -0.2) is 41.0 Å². The van der Waals surface area contributed by atoms with Gasteiger partial charge in [-0.15, -0.1) is 0 Å². The molecule has 2 N–H and O–H groups in total. The molecule has 0 aliphatic heterocycles. The van der Waals surface area contributed by atoms with Crippen molar-refractivity contribution in [3.05, 3.63) is 60.2 Å². The van der Waals surface area contributed by atoms with Gasteiger partial charge in [0.25, 0.3) is 5.89 Å². The molecule has 1 aromatic carbocycles. The number of rotatable bonds is 9. The van der Waals surface area contributed by atoms with E-state index in [2.05, 4.69) is 15.1 Å². The predicted molar refractivity (Wildman–Crippen MR) is 104 cm³/mol. The zero-order valence-electron chi connectivity index (χ0n) is 15.7. The summed E-state index contributed by atoms with van der Waals surface area (Å²) in [5.74, 6) is 0.509. The second-order valence-electron chi connectivity index (χ2n) is 6.45. The van der Waals surface area contributed by atoms with E-state index >= 15 is 0 Å². The maximum atomic E-state index is 11.6. The van der Waals surface area contributed by atoms with Crippen LogP contribution in [0.3, 0.4) is 0 Å². The number of pyridine rings is 1. The summed E-state index contributed by atoms with van der Waals surface area (Å²) in [6.45, 7) is 0.102. The molecule has 2 aromatic heterocycles. The normalized spacial score (nSPS) is 12.4. The molecule has 0 spiro atoms. The van der Waals surface area contributed by atoms with Crippen molar-refractivity contribution in [1.82, 2.24) is 15.1 Å². The summed E-state index contributed by atoms with van der Waals surface area (Å²) < 4.78 is 34.0. The smallest absolute Gasteiger partial charge is 0.264 e. The lowest BCUT2D eigenvalue weighted by molar-refractivity contribution is -0.117. The first-order valence-corrected chi connectivity index (χ1v) is 10.7. The molecule has 9 nitrogen and oxygen atoms in total. The fourth-order valence-corrected chi connectivity index (χ4v) is 3.66.